The lowest BCUT2D eigenvalue weighted by Crippen LogP contribution is -2.42. The summed E-state index contributed by atoms with van der Waals surface area (Å²) in [7, 11) is 0. The molecule has 2 N–H and O–H groups in total. The zero-order chi connectivity index (χ0) is 14.4. The van der Waals surface area contributed by atoms with Gasteiger partial charge < -0.3 is 10.6 Å². The Morgan fingerprint density at radius 1 is 1.35 bits per heavy atom. The molecule has 0 unspecified atom stereocenters. The second-order valence-corrected chi connectivity index (χ2v) is 6.37. The van der Waals surface area contributed by atoms with Crippen molar-refractivity contribution in [3.8, 4) is 0 Å². The van der Waals surface area contributed by atoms with Crippen molar-refractivity contribution in [2.45, 2.75) is 45.1 Å². The molecule has 1 fully saturated rings. The van der Waals surface area contributed by atoms with Crippen LogP contribution < -0.4 is 10.6 Å². The molecule has 0 bridgehead atoms. The molecule has 1 aromatic heterocycles. The minimum absolute atomic E-state index is 0.0372. The number of thiophene rings is 1. The summed E-state index contributed by atoms with van der Waals surface area (Å²) in [5, 5.41) is 7.73. The summed E-state index contributed by atoms with van der Waals surface area (Å²) in [5.41, 5.74) is 0. The van der Waals surface area contributed by atoms with Gasteiger partial charge in [0, 0.05) is 19.0 Å². The summed E-state index contributed by atoms with van der Waals surface area (Å²) < 4.78 is 0. The van der Waals surface area contributed by atoms with E-state index in [1.807, 2.05) is 11.4 Å². The Bertz CT molecular complexity index is 445. The van der Waals surface area contributed by atoms with Crippen molar-refractivity contribution in [1.29, 1.82) is 0 Å². The van der Waals surface area contributed by atoms with E-state index in [0.29, 0.717) is 29.8 Å². The van der Waals surface area contributed by atoms with Crippen LogP contribution in [0.4, 0.5) is 0 Å². The molecule has 1 aromatic rings. The lowest BCUT2D eigenvalue weighted by atomic mass is 9.86. The monoisotopic (exact) mass is 294 g/mol. The standard InChI is InChI=1S/C15H22N2O2S/c1-11-5-2-3-6-12(11)17-14(18)8-9-16-15(19)13-7-4-10-20-13/h4,7,10-12H,2-3,5-6,8-9H2,1H3,(H,16,19)(H,17,18)/t11-,12+/m0/s1. The highest BCUT2D eigenvalue weighted by atomic mass is 32.1. The third kappa shape index (κ3) is 4.34. The molecule has 0 aromatic carbocycles. The fraction of sp³-hybridized carbons (Fsp3) is 0.600. The van der Waals surface area contributed by atoms with E-state index >= 15 is 0 Å². The predicted molar refractivity (Wildman–Crippen MR) is 80.8 cm³/mol. The molecule has 2 rings (SSSR count). The molecule has 5 heteroatoms. The highest BCUT2D eigenvalue weighted by Gasteiger charge is 2.22. The Morgan fingerprint density at radius 3 is 2.85 bits per heavy atom. The molecule has 20 heavy (non-hydrogen) atoms. The van der Waals surface area contributed by atoms with Crippen LogP contribution in [0, 0.1) is 5.92 Å². The summed E-state index contributed by atoms with van der Waals surface area (Å²) in [5.74, 6) is 0.502. The van der Waals surface area contributed by atoms with Crippen molar-refractivity contribution in [2.75, 3.05) is 6.54 Å². The third-order valence-electron chi connectivity index (χ3n) is 3.84. The van der Waals surface area contributed by atoms with E-state index in [-0.39, 0.29) is 11.8 Å². The van der Waals surface area contributed by atoms with E-state index in [0.717, 1.165) is 6.42 Å². The van der Waals surface area contributed by atoms with E-state index in [4.69, 9.17) is 0 Å². The van der Waals surface area contributed by atoms with Gasteiger partial charge in [-0.3, -0.25) is 9.59 Å². The molecule has 0 spiro atoms. The molecule has 110 valence electrons. The minimum Gasteiger partial charge on any atom is -0.353 e. The summed E-state index contributed by atoms with van der Waals surface area (Å²) in [6, 6.07) is 3.94. The van der Waals surface area contributed by atoms with Gasteiger partial charge in [0.15, 0.2) is 0 Å². The van der Waals surface area contributed by atoms with Crippen molar-refractivity contribution >= 4 is 23.2 Å². The maximum atomic E-state index is 11.9. The lowest BCUT2D eigenvalue weighted by Gasteiger charge is -2.29. The largest absolute Gasteiger partial charge is 0.353 e. The summed E-state index contributed by atoms with van der Waals surface area (Å²) in [6.07, 6.45) is 5.09. The van der Waals surface area contributed by atoms with E-state index in [1.165, 1.54) is 30.6 Å². The number of carbonyl (C=O) groups excluding carboxylic acids is 2. The van der Waals surface area contributed by atoms with Crippen LogP contribution in [-0.2, 0) is 4.79 Å². The number of rotatable bonds is 5. The van der Waals surface area contributed by atoms with Crippen LogP contribution in [0.3, 0.4) is 0 Å². The molecule has 1 aliphatic carbocycles. The smallest absolute Gasteiger partial charge is 0.261 e. The van der Waals surface area contributed by atoms with Crippen LogP contribution in [-0.4, -0.2) is 24.4 Å². The molecular weight excluding hydrogens is 272 g/mol. The molecule has 2 atom stereocenters. The van der Waals surface area contributed by atoms with Crippen molar-refractivity contribution in [1.82, 2.24) is 10.6 Å². The highest BCUT2D eigenvalue weighted by Crippen LogP contribution is 2.23. The van der Waals surface area contributed by atoms with Gasteiger partial charge in [0.25, 0.3) is 5.91 Å². The zero-order valence-electron chi connectivity index (χ0n) is 11.9. The first kappa shape index (κ1) is 15.0. The fourth-order valence-corrected chi connectivity index (χ4v) is 3.23. The van der Waals surface area contributed by atoms with Gasteiger partial charge in [-0.2, -0.15) is 0 Å². The van der Waals surface area contributed by atoms with E-state index < -0.39 is 0 Å². The quantitative estimate of drug-likeness (QED) is 0.877. The van der Waals surface area contributed by atoms with Gasteiger partial charge in [0.2, 0.25) is 5.91 Å². The van der Waals surface area contributed by atoms with Crippen LogP contribution >= 0.6 is 11.3 Å². The molecule has 2 amide bonds. The molecular formula is C15H22N2O2S. The molecule has 0 radical (unpaired) electrons. The van der Waals surface area contributed by atoms with Crippen molar-refractivity contribution < 1.29 is 9.59 Å². The Hall–Kier alpha value is -1.36. The molecule has 1 aliphatic rings. The zero-order valence-corrected chi connectivity index (χ0v) is 12.7. The van der Waals surface area contributed by atoms with Gasteiger partial charge in [-0.15, -0.1) is 11.3 Å². The van der Waals surface area contributed by atoms with E-state index in [9.17, 15) is 9.59 Å². The average molecular weight is 294 g/mol. The Morgan fingerprint density at radius 2 is 2.15 bits per heavy atom. The number of hydrogen-bond acceptors (Lipinski definition) is 3. The van der Waals surface area contributed by atoms with Gasteiger partial charge in [-0.05, 0) is 30.2 Å². The summed E-state index contributed by atoms with van der Waals surface area (Å²) in [6.45, 7) is 2.59. The van der Waals surface area contributed by atoms with Gasteiger partial charge in [0.1, 0.15) is 0 Å². The van der Waals surface area contributed by atoms with Crippen LogP contribution in [0.25, 0.3) is 0 Å². The third-order valence-corrected chi connectivity index (χ3v) is 4.71. The fourth-order valence-electron chi connectivity index (χ4n) is 2.59. The molecule has 0 aliphatic heterocycles. The van der Waals surface area contributed by atoms with E-state index in [1.54, 1.807) is 6.07 Å². The maximum absolute atomic E-state index is 11.9. The Kier molecular flexibility index (Phi) is 5.59. The maximum Gasteiger partial charge on any atom is 0.261 e. The first-order chi connectivity index (χ1) is 9.66. The molecule has 4 nitrogen and oxygen atoms in total. The average Bonchev–Trinajstić information content (AvgIpc) is 2.95. The van der Waals surface area contributed by atoms with Crippen molar-refractivity contribution in [3.63, 3.8) is 0 Å². The number of nitrogens with one attached hydrogen (secondary N) is 2. The lowest BCUT2D eigenvalue weighted by molar-refractivity contribution is -0.122. The predicted octanol–water partition coefficient (Wildman–Crippen LogP) is 2.56. The molecule has 0 saturated heterocycles. The van der Waals surface area contributed by atoms with Crippen molar-refractivity contribution in [3.05, 3.63) is 22.4 Å². The van der Waals surface area contributed by atoms with Gasteiger partial charge in [0.05, 0.1) is 4.88 Å². The first-order valence-electron chi connectivity index (χ1n) is 7.28. The first-order valence-corrected chi connectivity index (χ1v) is 8.16. The summed E-state index contributed by atoms with van der Waals surface area (Å²) in [4.78, 5) is 24.2. The Balaban J connectivity index is 1.66. The van der Waals surface area contributed by atoms with Crippen LogP contribution in [0.1, 0.15) is 48.7 Å². The van der Waals surface area contributed by atoms with Crippen LogP contribution in [0.5, 0.6) is 0 Å². The topological polar surface area (TPSA) is 58.2 Å². The van der Waals surface area contributed by atoms with Gasteiger partial charge in [-0.25, -0.2) is 0 Å². The highest BCUT2D eigenvalue weighted by molar-refractivity contribution is 7.12. The second-order valence-electron chi connectivity index (χ2n) is 5.42. The Labute approximate surface area is 124 Å². The minimum atomic E-state index is -0.0983. The SMILES string of the molecule is C[C@H]1CCCC[C@H]1NC(=O)CCNC(=O)c1cccs1. The summed E-state index contributed by atoms with van der Waals surface area (Å²) >= 11 is 1.41. The van der Waals surface area contributed by atoms with Crippen LogP contribution in [0.2, 0.25) is 0 Å². The van der Waals surface area contributed by atoms with Crippen molar-refractivity contribution in [2.24, 2.45) is 5.92 Å². The number of hydrogen-bond donors (Lipinski definition) is 2. The molecule has 1 heterocycles. The van der Waals surface area contributed by atoms with Gasteiger partial charge in [-0.1, -0.05) is 25.8 Å². The number of amides is 2. The number of carbonyl (C=O) groups is 2. The van der Waals surface area contributed by atoms with E-state index in [2.05, 4.69) is 17.6 Å². The molecule has 1 saturated carbocycles. The van der Waals surface area contributed by atoms with Gasteiger partial charge >= 0.3 is 0 Å². The second kappa shape index (κ2) is 7.43. The normalized spacial score (nSPS) is 22.2. The van der Waals surface area contributed by atoms with Crippen LogP contribution in [0.15, 0.2) is 17.5 Å².